The van der Waals surface area contributed by atoms with Crippen LogP contribution in [-0.4, -0.2) is 34.2 Å². The van der Waals surface area contributed by atoms with Crippen molar-refractivity contribution in [2.24, 2.45) is 11.3 Å². The van der Waals surface area contributed by atoms with Crippen LogP contribution < -0.4 is 5.19 Å². The van der Waals surface area contributed by atoms with Crippen molar-refractivity contribution in [1.82, 2.24) is 0 Å². The lowest BCUT2D eigenvalue weighted by molar-refractivity contribution is -0.168. The van der Waals surface area contributed by atoms with E-state index in [4.69, 9.17) is 9.47 Å². The molecule has 1 aromatic rings. The standard InChI is InChI=1S/C23H34O4Si/c1-26-21(24)23(22(25)27-2)14-18-12-17(11-16-9-7-6-8-10-16)13-20(19(18)15-23)28(3,4)5/h12-13,16H,6-11,14-15H2,1-5H3. The molecule has 154 valence electrons. The molecule has 0 radical (unpaired) electrons. The van der Waals surface area contributed by atoms with Crippen LogP contribution in [0, 0.1) is 11.3 Å². The Morgan fingerprint density at radius 1 is 1.00 bits per heavy atom. The molecule has 0 spiro atoms. The molecule has 2 aliphatic rings. The van der Waals surface area contributed by atoms with E-state index < -0.39 is 25.4 Å². The quantitative estimate of drug-likeness (QED) is 0.427. The van der Waals surface area contributed by atoms with Crippen molar-refractivity contribution in [1.29, 1.82) is 0 Å². The highest BCUT2D eigenvalue weighted by Gasteiger charge is 2.53. The van der Waals surface area contributed by atoms with Gasteiger partial charge >= 0.3 is 11.9 Å². The average Bonchev–Trinajstić information content (AvgIpc) is 3.06. The molecule has 0 amide bonds. The molecular weight excluding hydrogens is 368 g/mol. The van der Waals surface area contributed by atoms with Gasteiger partial charge in [0.25, 0.3) is 0 Å². The minimum Gasteiger partial charge on any atom is -0.468 e. The first-order valence-corrected chi connectivity index (χ1v) is 14.0. The third-order valence-electron chi connectivity index (χ3n) is 6.58. The van der Waals surface area contributed by atoms with E-state index in [2.05, 4.69) is 31.8 Å². The van der Waals surface area contributed by atoms with E-state index in [0.717, 1.165) is 17.9 Å². The molecule has 4 nitrogen and oxygen atoms in total. The molecule has 0 saturated heterocycles. The Balaban J connectivity index is 2.02. The zero-order valence-electron chi connectivity index (χ0n) is 18.0. The maximum absolute atomic E-state index is 12.7. The van der Waals surface area contributed by atoms with Crippen molar-refractivity contribution in [3.8, 4) is 0 Å². The number of hydrogen-bond donors (Lipinski definition) is 0. The van der Waals surface area contributed by atoms with Gasteiger partial charge in [0.15, 0.2) is 5.41 Å². The summed E-state index contributed by atoms with van der Waals surface area (Å²) in [6.45, 7) is 7.01. The fraction of sp³-hybridized carbons (Fsp3) is 0.652. The molecule has 1 saturated carbocycles. The Morgan fingerprint density at radius 2 is 1.61 bits per heavy atom. The molecule has 0 heterocycles. The van der Waals surface area contributed by atoms with Crippen LogP contribution in [-0.2, 0) is 38.3 Å². The van der Waals surface area contributed by atoms with Crippen molar-refractivity contribution in [3.63, 3.8) is 0 Å². The molecule has 2 aliphatic carbocycles. The minimum absolute atomic E-state index is 0.387. The van der Waals surface area contributed by atoms with Gasteiger partial charge in [-0.15, -0.1) is 0 Å². The highest BCUT2D eigenvalue weighted by atomic mass is 28.3. The summed E-state index contributed by atoms with van der Waals surface area (Å²) in [7, 11) is 1.06. The van der Waals surface area contributed by atoms with E-state index in [1.807, 2.05) is 0 Å². The smallest absolute Gasteiger partial charge is 0.323 e. The van der Waals surface area contributed by atoms with Gasteiger partial charge in [0.1, 0.15) is 0 Å². The number of esters is 2. The second kappa shape index (κ2) is 8.01. The fourth-order valence-corrected chi connectivity index (χ4v) is 6.90. The number of methoxy groups -OCH3 is 2. The molecule has 0 aromatic heterocycles. The first-order valence-electron chi connectivity index (χ1n) is 10.5. The lowest BCUT2D eigenvalue weighted by Crippen LogP contribution is -2.44. The number of hydrogen-bond acceptors (Lipinski definition) is 4. The van der Waals surface area contributed by atoms with E-state index in [1.165, 1.54) is 62.6 Å². The average molecular weight is 403 g/mol. The van der Waals surface area contributed by atoms with Crippen molar-refractivity contribution < 1.29 is 19.1 Å². The molecule has 0 aliphatic heterocycles. The Bertz CT molecular complexity index is 741. The molecule has 5 heteroatoms. The lowest BCUT2D eigenvalue weighted by Gasteiger charge is -2.26. The normalized spacial score (nSPS) is 19.2. The first-order chi connectivity index (χ1) is 13.2. The van der Waals surface area contributed by atoms with Crippen molar-refractivity contribution in [3.05, 3.63) is 28.8 Å². The molecule has 28 heavy (non-hydrogen) atoms. The van der Waals surface area contributed by atoms with Gasteiger partial charge in [-0.3, -0.25) is 9.59 Å². The molecule has 3 rings (SSSR count). The van der Waals surface area contributed by atoms with Crippen LogP contribution in [0.3, 0.4) is 0 Å². The predicted molar refractivity (Wildman–Crippen MR) is 114 cm³/mol. The second-order valence-corrected chi connectivity index (χ2v) is 14.7. The Labute approximate surface area is 170 Å². The SMILES string of the molecule is COC(=O)C1(C(=O)OC)Cc2cc(CC3CCCCC3)cc([Si](C)(C)C)c2C1. The highest BCUT2D eigenvalue weighted by molar-refractivity contribution is 6.89. The van der Waals surface area contributed by atoms with Crippen molar-refractivity contribution in [2.45, 2.75) is 71.0 Å². The van der Waals surface area contributed by atoms with Gasteiger partial charge in [-0.25, -0.2) is 0 Å². The summed E-state index contributed by atoms with van der Waals surface area (Å²) >= 11 is 0. The highest BCUT2D eigenvalue weighted by Crippen LogP contribution is 2.40. The number of benzene rings is 1. The molecule has 0 unspecified atom stereocenters. The van der Waals surface area contributed by atoms with Gasteiger partial charge in [-0.05, 0) is 41.9 Å². The van der Waals surface area contributed by atoms with Crippen molar-refractivity contribution >= 4 is 25.2 Å². The molecular formula is C23H34O4Si. The summed E-state index contributed by atoms with van der Waals surface area (Å²) in [5.41, 5.74) is 2.46. The topological polar surface area (TPSA) is 52.6 Å². The largest absolute Gasteiger partial charge is 0.468 e. The van der Waals surface area contributed by atoms with Crippen LogP contribution >= 0.6 is 0 Å². The van der Waals surface area contributed by atoms with E-state index in [9.17, 15) is 9.59 Å². The Kier molecular flexibility index (Phi) is 6.04. The van der Waals surface area contributed by atoms with Crippen LogP contribution in [0.2, 0.25) is 19.6 Å². The third kappa shape index (κ3) is 3.91. The van der Waals surface area contributed by atoms with Gasteiger partial charge < -0.3 is 9.47 Å². The molecule has 1 aromatic carbocycles. The van der Waals surface area contributed by atoms with Crippen LogP contribution in [0.1, 0.15) is 48.8 Å². The molecule has 0 N–H and O–H groups in total. The lowest BCUT2D eigenvalue weighted by atomic mass is 9.84. The van der Waals surface area contributed by atoms with Gasteiger partial charge in [-0.1, -0.05) is 69.1 Å². The summed E-state index contributed by atoms with van der Waals surface area (Å²) < 4.78 is 10.1. The van der Waals surface area contributed by atoms with Crippen LogP contribution in [0.5, 0.6) is 0 Å². The zero-order valence-corrected chi connectivity index (χ0v) is 19.0. The molecule has 0 bridgehead atoms. The van der Waals surface area contributed by atoms with E-state index in [-0.39, 0.29) is 0 Å². The summed E-state index contributed by atoms with van der Waals surface area (Å²) in [5.74, 6) is -0.203. The minimum atomic E-state index is -1.64. The van der Waals surface area contributed by atoms with E-state index >= 15 is 0 Å². The van der Waals surface area contributed by atoms with Gasteiger partial charge in [0, 0.05) is 0 Å². The maximum atomic E-state index is 12.7. The first kappa shape index (κ1) is 21.1. The summed E-state index contributed by atoms with van der Waals surface area (Å²) in [6.07, 6.45) is 8.55. The number of carbonyl (C=O) groups excluding carboxylic acids is 2. The number of rotatable bonds is 5. The Morgan fingerprint density at radius 3 is 2.14 bits per heavy atom. The Hall–Kier alpha value is -1.62. The third-order valence-corrected chi connectivity index (χ3v) is 8.64. The zero-order chi connectivity index (χ0) is 20.5. The summed E-state index contributed by atoms with van der Waals surface area (Å²) in [6, 6.07) is 4.63. The van der Waals surface area contributed by atoms with Gasteiger partial charge in [0.05, 0.1) is 22.3 Å². The summed E-state index contributed by atoms with van der Waals surface area (Å²) in [5, 5.41) is 1.38. The number of carbonyl (C=O) groups is 2. The number of fused-ring (bicyclic) bond motifs is 1. The second-order valence-electron chi connectivity index (χ2n) is 9.66. The van der Waals surface area contributed by atoms with Gasteiger partial charge in [0.2, 0.25) is 0 Å². The van der Waals surface area contributed by atoms with Crippen LogP contribution in [0.15, 0.2) is 12.1 Å². The van der Waals surface area contributed by atoms with Crippen LogP contribution in [0.25, 0.3) is 0 Å². The fourth-order valence-electron chi connectivity index (χ4n) is 5.13. The monoisotopic (exact) mass is 402 g/mol. The molecule has 1 fully saturated rings. The molecule has 0 atom stereocenters. The van der Waals surface area contributed by atoms with Crippen LogP contribution in [0.4, 0.5) is 0 Å². The van der Waals surface area contributed by atoms with E-state index in [1.54, 1.807) is 0 Å². The maximum Gasteiger partial charge on any atom is 0.323 e. The van der Waals surface area contributed by atoms with Gasteiger partial charge in [-0.2, -0.15) is 0 Å². The predicted octanol–water partition coefficient (Wildman–Crippen LogP) is 3.79. The summed E-state index contributed by atoms with van der Waals surface area (Å²) in [4.78, 5) is 25.3. The van der Waals surface area contributed by atoms with Crippen molar-refractivity contribution in [2.75, 3.05) is 14.2 Å². The number of ether oxygens (including phenoxy) is 2. The van der Waals surface area contributed by atoms with E-state index in [0.29, 0.717) is 12.8 Å².